The third-order valence-corrected chi connectivity index (χ3v) is 5.50. The molecule has 5 heteroatoms. The van der Waals surface area contributed by atoms with Crippen LogP contribution < -0.4 is 4.74 Å². The highest BCUT2D eigenvalue weighted by Crippen LogP contribution is 2.37. The Balaban J connectivity index is 2.17. The smallest absolute Gasteiger partial charge is 0.150 e. The van der Waals surface area contributed by atoms with E-state index in [0.29, 0.717) is 6.42 Å². The Morgan fingerprint density at radius 2 is 2.24 bits per heavy atom. The lowest BCUT2D eigenvalue weighted by atomic mass is 9.98. The molecule has 0 spiro atoms. The zero-order chi connectivity index (χ0) is 12.5. The third kappa shape index (κ3) is 2.93. The topological polar surface area (TPSA) is 43.4 Å². The fourth-order valence-electron chi connectivity index (χ4n) is 2.14. The quantitative estimate of drug-likeness (QED) is 0.795. The molecule has 0 bridgehead atoms. The monoisotopic (exact) mass is 274 g/mol. The van der Waals surface area contributed by atoms with Crippen LogP contribution in [-0.4, -0.2) is 27.0 Å². The minimum atomic E-state index is -2.88. The normalized spacial score (nSPS) is 24.5. The standard InChI is InChI=1S/C12H15ClO3S/c1-16-11-4-2-3-9(7-11)12(13)10-5-6-17(14,15)8-10/h2-4,7,10,12H,5-6,8H2,1H3. The molecule has 1 saturated heterocycles. The van der Waals surface area contributed by atoms with Crippen LogP contribution in [0.1, 0.15) is 17.4 Å². The minimum absolute atomic E-state index is 0.00812. The molecule has 1 fully saturated rings. The van der Waals surface area contributed by atoms with E-state index in [4.69, 9.17) is 16.3 Å². The summed E-state index contributed by atoms with van der Waals surface area (Å²) in [4.78, 5) is 0. The Labute approximate surface area is 107 Å². The fourth-order valence-corrected chi connectivity index (χ4v) is 4.44. The highest BCUT2D eigenvalue weighted by atomic mass is 35.5. The molecule has 0 saturated carbocycles. The van der Waals surface area contributed by atoms with E-state index in [2.05, 4.69) is 0 Å². The molecule has 2 rings (SSSR count). The summed E-state index contributed by atoms with van der Waals surface area (Å²) in [7, 11) is -1.28. The Kier molecular flexibility index (Phi) is 3.64. The van der Waals surface area contributed by atoms with Crippen LogP contribution in [0.2, 0.25) is 0 Å². The van der Waals surface area contributed by atoms with E-state index in [-0.39, 0.29) is 22.8 Å². The first-order valence-electron chi connectivity index (χ1n) is 5.50. The van der Waals surface area contributed by atoms with E-state index in [0.717, 1.165) is 11.3 Å². The maximum absolute atomic E-state index is 11.4. The lowest BCUT2D eigenvalue weighted by Gasteiger charge is -2.16. The Hall–Kier alpha value is -0.740. The molecule has 1 heterocycles. The van der Waals surface area contributed by atoms with E-state index in [1.54, 1.807) is 7.11 Å². The second kappa shape index (κ2) is 4.86. The van der Waals surface area contributed by atoms with E-state index >= 15 is 0 Å². The first-order chi connectivity index (χ1) is 8.02. The number of alkyl halides is 1. The van der Waals surface area contributed by atoms with Gasteiger partial charge in [-0.25, -0.2) is 8.42 Å². The van der Waals surface area contributed by atoms with Crippen molar-refractivity contribution in [3.05, 3.63) is 29.8 Å². The molecule has 1 aliphatic heterocycles. The average molecular weight is 275 g/mol. The van der Waals surface area contributed by atoms with Gasteiger partial charge in [-0.15, -0.1) is 11.6 Å². The molecular formula is C12H15ClO3S. The van der Waals surface area contributed by atoms with E-state index in [9.17, 15) is 8.42 Å². The molecule has 17 heavy (non-hydrogen) atoms. The number of ether oxygens (including phenoxy) is 1. The van der Waals surface area contributed by atoms with Crippen LogP contribution >= 0.6 is 11.6 Å². The van der Waals surface area contributed by atoms with Gasteiger partial charge >= 0.3 is 0 Å². The van der Waals surface area contributed by atoms with Crippen molar-refractivity contribution in [2.75, 3.05) is 18.6 Å². The van der Waals surface area contributed by atoms with Crippen molar-refractivity contribution >= 4 is 21.4 Å². The lowest BCUT2D eigenvalue weighted by Crippen LogP contribution is -2.10. The van der Waals surface area contributed by atoms with Gasteiger partial charge in [-0.2, -0.15) is 0 Å². The van der Waals surface area contributed by atoms with Gasteiger partial charge in [-0.05, 0) is 30.0 Å². The summed E-state index contributed by atoms with van der Waals surface area (Å²) in [6.07, 6.45) is 0.647. The van der Waals surface area contributed by atoms with Gasteiger partial charge in [0.25, 0.3) is 0 Å². The number of halogens is 1. The molecule has 1 aliphatic rings. The Bertz CT molecular complexity index is 498. The van der Waals surface area contributed by atoms with Crippen LogP contribution in [0.5, 0.6) is 5.75 Å². The third-order valence-electron chi connectivity index (χ3n) is 3.09. The summed E-state index contributed by atoms with van der Waals surface area (Å²) in [5.74, 6) is 1.20. The zero-order valence-corrected chi connectivity index (χ0v) is 11.2. The molecule has 0 aliphatic carbocycles. The van der Waals surface area contributed by atoms with Gasteiger partial charge in [0.2, 0.25) is 0 Å². The number of hydrogen-bond donors (Lipinski definition) is 0. The minimum Gasteiger partial charge on any atom is -0.497 e. The Morgan fingerprint density at radius 3 is 2.82 bits per heavy atom. The first kappa shape index (κ1) is 12.7. The van der Waals surface area contributed by atoms with E-state index < -0.39 is 9.84 Å². The van der Waals surface area contributed by atoms with Crippen LogP contribution in [0.25, 0.3) is 0 Å². The van der Waals surface area contributed by atoms with Crippen molar-refractivity contribution in [1.29, 1.82) is 0 Å². The van der Waals surface area contributed by atoms with Crippen LogP contribution in [-0.2, 0) is 9.84 Å². The predicted octanol–water partition coefficient (Wildman–Crippen LogP) is 2.41. The van der Waals surface area contributed by atoms with Crippen LogP contribution in [0.4, 0.5) is 0 Å². The highest BCUT2D eigenvalue weighted by molar-refractivity contribution is 7.91. The van der Waals surface area contributed by atoms with Crippen molar-refractivity contribution in [2.45, 2.75) is 11.8 Å². The molecule has 1 aromatic rings. The van der Waals surface area contributed by atoms with Gasteiger partial charge in [0, 0.05) is 0 Å². The van der Waals surface area contributed by atoms with Crippen LogP contribution in [0, 0.1) is 5.92 Å². The molecule has 0 N–H and O–H groups in total. The van der Waals surface area contributed by atoms with Gasteiger partial charge in [-0.3, -0.25) is 0 Å². The van der Waals surface area contributed by atoms with Crippen molar-refractivity contribution in [1.82, 2.24) is 0 Å². The molecule has 0 amide bonds. The van der Waals surface area contributed by atoms with Crippen molar-refractivity contribution < 1.29 is 13.2 Å². The summed E-state index contributed by atoms with van der Waals surface area (Å²) >= 11 is 6.35. The number of methoxy groups -OCH3 is 1. The molecule has 94 valence electrons. The second-order valence-electron chi connectivity index (χ2n) is 4.34. The summed E-state index contributed by atoms with van der Waals surface area (Å²) in [5, 5.41) is -0.262. The molecule has 2 atom stereocenters. The summed E-state index contributed by atoms with van der Waals surface area (Å²) in [5.41, 5.74) is 0.924. The zero-order valence-electron chi connectivity index (χ0n) is 9.60. The first-order valence-corrected chi connectivity index (χ1v) is 7.76. The van der Waals surface area contributed by atoms with Crippen molar-refractivity contribution in [3.8, 4) is 5.75 Å². The number of hydrogen-bond acceptors (Lipinski definition) is 3. The van der Waals surface area contributed by atoms with Gasteiger partial charge in [-0.1, -0.05) is 12.1 Å². The number of sulfone groups is 1. The molecule has 1 aromatic carbocycles. The van der Waals surface area contributed by atoms with Crippen LogP contribution in [0.15, 0.2) is 24.3 Å². The molecule has 3 nitrogen and oxygen atoms in total. The van der Waals surface area contributed by atoms with Crippen molar-refractivity contribution in [2.24, 2.45) is 5.92 Å². The van der Waals surface area contributed by atoms with E-state index in [1.165, 1.54) is 0 Å². The average Bonchev–Trinajstić information content (AvgIpc) is 2.69. The molecular weight excluding hydrogens is 260 g/mol. The maximum atomic E-state index is 11.4. The summed E-state index contributed by atoms with van der Waals surface area (Å²) in [6, 6.07) is 7.49. The predicted molar refractivity (Wildman–Crippen MR) is 68.3 cm³/mol. The summed E-state index contributed by atoms with van der Waals surface area (Å²) < 4.78 is 28.0. The van der Waals surface area contributed by atoms with Crippen LogP contribution in [0.3, 0.4) is 0 Å². The SMILES string of the molecule is COc1cccc(C(Cl)C2CCS(=O)(=O)C2)c1. The van der Waals surface area contributed by atoms with Gasteiger partial charge in [0.05, 0.1) is 24.0 Å². The highest BCUT2D eigenvalue weighted by Gasteiger charge is 2.33. The largest absolute Gasteiger partial charge is 0.497 e. The molecule has 2 unspecified atom stereocenters. The van der Waals surface area contributed by atoms with Gasteiger partial charge in [0.1, 0.15) is 5.75 Å². The number of rotatable bonds is 3. The summed E-state index contributed by atoms with van der Waals surface area (Å²) in [6.45, 7) is 0. The Morgan fingerprint density at radius 1 is 1.47 bits per heavy atom. The van der Waals surface area contributed by atoms with Crippen molar-refractivity contribution in [3.63, 3.8) is 0 Å². The second-order valence-corrected chi connectivity index (χ2v) is 7.04. The van der Waals surface area contributed by atoms with Gasteiger partial charge in [0.15, 0.2) is 9.84 Å². The molecule has 0 aromatic heterocycles. The lowest BCUT2D eigenvalue weighted by molar-refractivity contribution is 0.413. The maximum Gasteiger partial charge on any atom is 0.150 e. The number of benzene rings is 1. The fraction of sp³-hybridized carbons (Fsp3) is 0.500. The molecule has 0 radical (unpaired) electrons. The van der Waals surface area contributed by atoms with E-state index in [1.807, 2.05) is 24.3 Å². The van der Waals surface area contributed by atoms with Gasteiger partial charge < -0.3 is 4.74 Å².